The number of rotatable bonds is 5. The van der Waals surface area contributed by atoms with E-state index in [0.29, 0.717) is 0 Å². The van der Waals surface area contributed by atoms with Crippen LogP contribution in [0.15, 0.2) is 0 Å². The van der Waals surface area contributed by atoms with Gasteiger partial charge < -0.3 is 14.2 Å². The van der Waals surface area contributed by atoms with Crippen molar-refractivity contribution in [1.29, 1.82) is 0 Å². The van der Waals surface area contributed by atoms with E-state index in [1.807, 2.05) is 0 Å². The second kappa shape index (κ2) is 6.73. The van der Waals surface area contributed by atoms with Gasteiger partial charge >= 0.3 is 24.4 Å². The van der Waals surface area contributed by atoms with E-state index in [-0.39, 0.29) is 18.9 Å². The Kier molecular flexibility index (Phi) is 7.89. The van der Waals surface area contributed by atoms with Crippen molar-refractivity contribution in [3.05, 3.63) is 4.72 Å². The monoisotopic (exact) mass is 243 g/mol. The van der Waals surface area contributed by atoms with Crippen molar-refractivity contribution < 1.29 is 49.9 Å². The molecule has 86 valence electrons. The maximum Gasteiger partial charge on any atom is 1.00 e. The van der Waals surface area contributed by atoms with Gasteiger partial charge in [0.1, 0.15) is 6.29 Å². The van der Waals surface area contributed by atoms with Crippen LogP contribution in [-0.2, 0) is 19.5 Å². The molecule has 0 rings (SSSR count). The standard InChI is InChI=1S/C5H9F3NO4S.Li/c1-12-4(13-2)3-9-14(10,11)5(6,7)8;/h4H,3H2,1-2H3;/q-1;+1. The molecule has 10 heteroatoms. The van der Waals surface area contributed by atoms with Crippen molar-refractivity contribution in [2.45, 2.75) is 11.8 Å². The van der Waals surface area contributed by atoms with E-state index in [4.69, 9.17) is 0 Å². The maximum absolute atomic E-state index is 11.7. The van der Waals surface area contributed by atoms with Gasteiger partial charge in [-0.25, -0.2) is 8.42 Å². The first-order valence-electron chi connectivity index (χ1n) is 3.30. The third kappa shape index (κ3) is 5.75. The Bertz CT molecular complexity index is 264. The molecule has 0 atom stereocenters. The van der Waals surface area contributed by atoms with E-state index in [9.17, 15) is 21.6 Å². The molecule has 0 aliphatic carbocycles. The number of nitrogens with zero attached hydrogens (tertiary/aromatic N) is 1. The average molecular weight is 243 g/mol. The summed E-state index contributed by atoms with van der Waals surface area (Å²) >= 11 is 0. The summed E-state index contributed by atoms with van der Waals surface area (Å²) in [7, 11) is -3.13. The molecule has 0 aliphatic heterocycles. The van der Waals surface area contributed by atoms with E-state index in [2.05, 4.69) is 14.2 Å². The van der Waals surface area contributed by atoms with E-state index in [1.54, 1.807) is 0 Å². The number of hydrogen-bond acceptors (Lipinski definition) is 4. The molecule has 0 saturated heterocycles. The van der Waals surface area contributed by atoms with Gasteiger partial charge in [0.15, 0.2) is 10.0 Å². The minimum atomic E-state index is -5.45. The van der Waals surface area contributed by atoms with Crippen LogP contribution in [0.4, 0.5) is 13.2 Å². The summed E-state index contributed by atoms with van der Waals surface area (Å²) in [6.45, 7) is -0.727. The molecule has 0 radical (unpaired) electrons. The molecular weight excluding hydrogens is 234 g/mol. The van der Waals surface area contributed by atoms with Crippen LogP contribution in [0.2, 0.25) is 0 Å². The smallest absolute Gasteiger partial charge is 0.537 e. The van der Waals surface area contributed by atoms with Gasteiger partial charge in [-0.3, -0.25) is 0 Å². The summed E-state index contributed by atoms with van der Waals surface area (Å²) in [6.07, 6.45) is -1.10. The normalized spacial score (nSPS) is 12.7. The molecule has 0 aromatic rings. The van der Waals surface area contributed by atoms with Gasteiger partial charge in [-0.1, -0.05) is 6.54 Å². The molecule has 0 unspecified atom stereocenters. The summed E-state index contributed by atoms with van der Waals surface area (Å²) in [5.41, 5.74) is -5.38. The van der Waals surface area contributed by atoms with Gasteiger partial charge in [0, 0.05) is 14.2 Å². The number of hydrogen-bond donors (Lipinski definition) is 0. The third-order valence-electron chi connectivity index (χ3n) is 1.21. The van der Waals surface area contributed by atoms with E-state index in [0.717, 1.165) is 14.2 Å². The zero-order valence-electron chi connectivity index (χ0n) is 8.41. The fraction of sp³-hybridized carbons (Fsp3) is 1.00. The number of alkyl halides is 3. The van der Waals surface area contributed by atoms with Gasteiger partial charge in [-0.05, 0) is 0 Å². The Balaban J connectivity index is 0. The van der Waals surface area contributed by atoms with Gasteiger partial charge in [0.2, 0.25) is 0 Å². The van der Waals surface area contributed by atoms with Gasteiger partial charge in [-0.2, -0.15) is 13.2 Å². The molecule has 0 spiro atoms. The topological polar surface area (TPSA) is 66.7 Å². The minimum Gasteiger partial charge on any atom is -0.537 e. The molecule has 15 heavy (non-hydrogen) atoms. The molecule has 0 amide bonds. The summed E-state index contributed by atoms with van der Waals surface area (Å²) in [5, 5.41) is 0. The van der Waals surface area contributed by atoms with Crippen LogP contribution < -0.4 is 18.9 Å². The van der Waals surface area contributed by atoms with Gasteiger partial charge in [0.25, 0.3) is 0 Å². The van der Waals surface area contributed by atoms with Crippen molar-refractivity contribution in [2.75, 3.05) is 20.8 Å². The first-order valence-corrected chi connectivity index (χ1v) is 4.74. The second-order valence-electron chi connectivity index (χ2n) is 2.13. The van der Waals surface area contributed by atoms with E-state index < -0.39 is 28.4 Å². The Morgan fingerprint density at radius 3 is 1.93 bits per heavy atom. The van der Waals surface area contributed by atoms with Crippen LogP contribution in [0.3, 0.4) is 0 Å². The second-order valence-corrected chi connectivity index (χ2v) is 3.80. The van der Waals surface area contributed by atoms with Crippen molar-refractivity contribution in [2.24, 2.45) is 0 Å². The summed E-state index contributed by atoms with van der Waals surface area (Å²) < 4.78 is 67.3. The minimum absolute atomic E-state index is 0. The van der Waals surface area contributed by atoms with Crippen LogP contribution in [0, 0.1) is 0 Å². The first-order chi connectivity index (χ1) is 6.24. The number of methoxy groups -OCH3 is 2. The molecule has 0 aromatic heterocycles. The fourth-order valence-corrected chi connectivity index (χ4v) is 0.942. The zero-order chi connectivity index (χ0) is 11.4. The Morgan fingerprint density at radius 2 is 1.67 bits per heavy atom. The number of sulfonamides is 1. The van der Waals surface area contributed by atoms with Crippen LogP contribution in [-0.4, -0.2) is 41.0 Å². The molecule has 5 nitrogen and oxygen atoms in total. The van der Waals surface area contributed by atoms with Crippen LogP contribution in [0.5, 0.6) is 0 Å². The van der Waals surface area contributed by atoms with Gasteiger partial charge in [-0.15, -0.1) is 0 Å². The van der Waals surface area contributed by atoms with Gasteiger partial charge in [0.05, 0.1) is 0 Å². The largest absolute Gasteiger partial charge is 1.00 e. The SMILES string of the molecule is COC(C[N-]S(=O)(=O)C(F)(F)F)OC.[Li+]. The fourth-order valence-electron chi connectivity index (χ4n) is 0.477. The molecular formula is C5H9F3LiNO4S. The Morgan fingerprint density at radius 1 is 1.27 bits per heavy atom. The van der Waals surface area contributed by atoms with Crippen molar-refractivity contribution >= 4 is 10.0 Å². The van der Waals surface area contributed by atoms with Crippen LogP contribution in [0.25, 0.3) is 4.72 Å². The first kappa shape index (κ1) is 17.6. The predicted octanol–water partition coefficient (Wildman–Crippen LogP) is -2.17. The summed E-state index contributed by atoms with van der Waals surface area (Å²) in [5.74, 6) is 0. The maximum atomic E-state index is 11.7. The van der Waals surface area contributed by atoms with E-state index >= 15 is 0 Å². The van der Waals surface area contributed by atoms with Crippen LogP contribution >= 0.6 is 0 Å². The summed E-state index contributed by atoms with van der Waals surface area (Å²) in [4.78, 5) is 0. The van der Waals surface area contributed by atoms with E-state index in [1.165, 1.54) is 0 Å². The molecule has 0 heterocycles. The predicted molar refractivity (Wildman–Crippen MR) is 41.0 cm³/mol. The molecule has 0 aromatic carbocycles. The number of ether oxygens (including phenoxy) is 2. The third-order valence-corrected chi connectivity index (χ3v) is 2.29. The molecule has 0 fully saturated rings. The molecule has 0 N–H and O–H groups in total. The quantitative estimate of drug-likeness (QED) is 0.407. The molecule has 0 aliphatic rings. The van der Waals surface area contributed by atoms with Crippen LogP contribution in [0.1, 0.15) is 0 Å². The average Bonchev–Trinajstić information content (AvgIpc) is 2.04. The van der Waals surface area contributed by atoms with Crippen molar-refractivity contribution in [3.8, 4) is 0 Å². The summed E-state index contributed by atoms with van der Waals surface area (Å²) in [6, 6.07) is 0. The molecule has 0 bridgehead atoms. The molecule has 0 saturated carbocycles. The Labute approximate surface area is 97.5 Å². The number of halogens is 3. The Hall–Kier alpha value is 0.217. The van der Waals surface area contributed by atoms with Crippen molar-refractivity contribution in [1.82, 2.24) is 0 Å². The zero-order valence-corrected chi connectivity index (χ0v) is 9.22. The van der Waals surface area contributed by atoms with Crippen molar-refractivity contribution in [3.63, 3.8) is 0 Å².